The first-order valence-electron chi connectivity index (χ1n) is 7.82. The second-order valence-electron chi connectivity index (χ2n) is 5.85. The number of rotatable bonds is 8. The smallest absolute Gasteiger partial charge is 0.406 e. The predicted octanol–water partition coefficient (Wildman–Crippen LogP) is 1.02. The van der Waals surface area contributed by atoms with E-state index in [1.54, 1.807) is 0 Å². The van der Waals surface area contributed by atoms with Gasteiger partial charge in [0.05, 0.1) is 13.7 Å². The van der Waals surface area contributed by atoms with E-state index in [-0.39, 0.29) is 25.1 Å². The molecule has 7 nitrogen and oxygen atoms in total. The van der Waals surface area contributed by atoms with Crippen molar-refractivity contribution >= 4 is 12.1 Å². The normalized spacial score (nSPS) is 19.0. The molecule has 0 radical (unpaired) electrons. The van der Waals surface area contributed by atoms with Crippen LogP contribution >= 0.6 is 0 Å². The van der Waals surface area contributed by atoms with Gasteiger partial charge in [-0.3, -0.25) is 9.69 Å². The summed E-state index contributed by atoms with van der Waals surface area (Å²) in [6.45, 7) is 8.50. The number of amides is 1. The number of esters is 1. The van der Waals surface area contributed by atoms with E-state index in [4.69, 9.17) is 9.47 Å². The van der Waals surface area contributed by atoms with Gasteiger partial charge in [-0.15, -0.1) is 0 Å². The molecule has 1 heterocycles. The van der Waals surface area contributed by atoms with Gasteiger partial charge in [-0.1, -0.05) is 13.8 Å². The lowest BCUT2D eigenvalue weighted by molar-refractivity contribution is -0.150. The number of nitrogens with one attached hydrogen (secondary N) is 1. The Morgan fingerprint density at radius 1 is 1.41 bits per heavy atom. The van der Waals surface area contributed by atoms with Gasteiger partial charge in [0.15, 0.2) is 0 Å². The van der Waals surface area contributed by atoms with Gasteiger partial charge < -0.3 is 19.5 Å². The molecule has 0 bridgehead atoms. The summed E-state index contributed by atoms with van der Waals surface area (Å²) in [6.07, 6.45) is 0.254. The van der Waals surface area contributed by atoms with Crippen LogP contribution in [0.25, 0.3) is 0 Å². The third-order valence-electron chi connectivity index (χ3n) is 3.29. The number of alkyl carbamates (subject to hydrolysis) is 1. The summed E-state index contributed by atoms with van der Waals surface area (Å²) in [5.41, 5.74) is 0. The molecule has 128 valence electrons. The molecular weight excluding hydrogens is 288 g/mol. The molecule has 1 amide bonds. The summed E-state index contributed by atoms with van der Waals surface area (Å²) >= 11 is 0. The van der Waals surface area contributed by atoms with E-state index in [0.717, 1.165) is 19.6 Å². The molecule has 22 heavy (non-hydrogen) atoms. The number of nitrogens with zero attached hydrogens (tertiary/aromatic N) is 1. The first-order chi connectivity index (χ1) is 10.5. The average Bonchev–Trinajstić information content (AvgIpc) is 2.49. The summed E-state index contributed by atoms with van der Waals surface area (Å²) in [5.74, 6) is 0.347. The van der Waals surface area contributed by atoms with Crippen molar-refractivity contribution in [2.45, 2.75) is 32.8 Å². The Labute approximate surface area is 132 Å². The van der Waals surface area contributed by atoms with Crippen molar-refractivity contribution in [3.05, 3.63) is 0 Å². The minimum absolute atomic E-state index is 0.0513. The Hall–Kier alpha value is -1.34. The third kappa shape index (κ3) is 8.19. The molecular formula is C15H28N2O5. The molecule has 0 unspecified atom stereocenters. The van der Waals surface area contributed by atoms with Gasteiger partial charge >= 0.3 is 12.1 Å². The molecule has 1 aliphatic heterocycles. The summed E-state index contributed by atoms with van der Waals surface area (Å²) in [6, 6.07) is 0. The van der Waals surface area contributed by atoms with Crippen molar-refractivity contribution in [3.63, 3.8) is 0 Å². The fraction of sp³-hybridized carbons (Fsp3) is 0.867. The van der Waals surface area contributed by atoms with Crippen LogP contribution in [0.2, 0.25) is 0 Å². The van der Waals surface area contributed by atoms with Crippen LogP contribution < -0.4 is 5.32 Å². The van der Waals surface area contributed by atoms with Crippen LogP contribution in [0.1, 0.15) is 26.7 Å². The minimum Gasteiger partial charge on any atom is -0.463 e. The number of ether oxygens (including phenoxy) is 3. The zero-order chi connectivity index (χ0) is 16.4. The Bertz CT molecular complexity index is 349. The average molecular weight is 316 g/mol. The molecule has 7 heteroatoms. The van der Waals surface area contributed by atoms with Gasteiger partial charge in [0.1, 0.15) is 12.7 Å². The fourth-order valence-electron chi connectivity index (χ4n) is 2.32. The first kappa shape index (κ1) is 18.7. The Morgan fingerprint density at radius 3 is 2.86 bits per heavy atom. The largest absolute Gasteiger partial charge is 0.463 e. The number of methoxy groups -OCH3 is 1. The molecule has 1 fully saturated rings. The van der Waals surface area contributed by atoms with Crippen LogP contribution in [0.5, 0.6) is 0 Å². The van der Waals surface area contributed by atoms with E-state index in [2.05, 4.69) is 28.8 Å². The highest BCUT2D eigenvalue weighted by Crippen LogP contribution is 2.08. The highest BCUT2D eigenvalue weighted by molar-refractivity contribution is 5.69. The van der Waals surface area contributed by atoms with Gasteiger partial charge in [-0.05, 0) is 12.3 Å². The highest BCUT2D eigenvalue weighted by Gasteiger charge is 2.22. The molecule has 0 saturated carbocycles. The monoisotopic (exact) mass is 316 g/mol. The quantitative estimate of drug-likeness (QED) is 0.532. The molecule has 1 N–H and O–H groups in total. The minimum atomic E-state index is -0.491. The van der Waals surface area contributed by atoms with E-state index in [0.29, 0.717) is 25.5 Å². The number of carbonyl (C=O) groups is 2. The lowest BCUT2D eigenvalue weighted by Crippen LogP contribution is -2.45. The highest BCUT2D eigenvalue weighted by atomic mass is 16.6. The van der Waals surface area contributed by atoms with Gasteiger partial charge in [-0.2, -0.15) is 0 Å². The summed E-state index contributed by atoms with van der Waals surface area (Å²) in [7, 11) is 1.30. The van der Waals surface area contributed by atoms with E-state index in [1.807, 2.05) is 0 Å². The van der Waals surface area contributed by atoms with Crippen molar-refractivity contribution < 1.29 is 23.8 Å². The number of morpholine rings is 1. The summed E-state index contributed by atoms with van der Waals surface area (Å²) < 4.78 is 15.3. The van der Waals surface area contributed by atoms with Crippen molar-refractivity contribution in [2.75, 3.05) is 46.5 Å². The Morgan fingerprint density at radius 2 is 2.18 bits per heavy atom. The SMILES string of the molecule is COC(=O)NCCCC(=O)OC[C@@H]1CN(CC(C)C)CCO1. The Balaban J connectivity index is 2.11. The lowest BCUT2D eigenvalue weighted by atomic mass is 10.2. The van der Waals surface area contributed by atoms with E-state index >= 15 is 0 Å². The molecule has 0 aliphatic carbocycles. The van der Waals surface area contributed by atoms with Gasteiger partial charge in [0.25, 0.3) is 0 Å². The van der Waals surface area contributed by atoms with Crippen molar-refractivity contribution in [2.24, 2.45) is 5.92 Å². The molecule has 1 atom stereocenters. The molecule has 1 rings (SSSR count). The topological polar surface area (TPSA) is 77.1 Å². The van der Waals surface area contributed by atoms with Crippen LogP contribution in [0, 0.1) is 5.92 Å². The maximum Gasteiger partial charge on any atom is 0.406 e. The molecule has 0 spiro atoms. The van der Waals surface area contributed by atoms with Crippen LogP contribution in [0.15, 0.2) is 0 Å². The fourth-order valence-corrected chi connectivity index (χ4v) is 2.32. The lowest BCUT2D eigenvalue weighted by Gasteiger charge is -2.33. The summed E-state index contributed by atoms with van der Waals surface area (Å²) in [4.78, 5) is 24.8. The number of hydrogen-bond acceptors (Lipinski definition) is 6. The second kappa shape index (κ2) is 10.4. The maximum atomic E-state index is 11.6. The van der Waals surface area contributed by atoms with E-state index < -0.39 is 6.09 Å². The molecule has 0 aromatic rings. The Kier molecular flexibility index (Phi) is 8.84. The van der Waals surface area contributed by atoms with E-state index in [1.165, 1.54) is 7.11 Å². The third-order valence-corrected chi connectivity index (χ3v) is 3.29. The molecule has 0 aromatic heterocycles. The zero-order valence-corrected chi connectivity index (χ0v) is 13.8. The number of hydrogen-bond donors (Lipinski definition) is 1. The zero-order valence-electron chi connectivity index (χ0n) is 13.8. The number of carbonyl (C=O) groups excluding carboxylic acids is 2. The van der Waals surface area contributed by atoms with Crippen molar-refractivity contribution in [3.8, 4) is 0 Å². The van der Waals surface area contributed by atoms with Gasteiger partial charge in [0.2, 0.25) is 0 Å². The van der Waals surface area contributed by atoms with E-state index in [9.17, 15) is 9.59 Å². The summed E-state index contributed by atoms with van der Waals surface area (Å²) in [5, 5.41) is 2.52. The van der Waals surface area contributed by atoms with Crippen LogP contribution in [0.3, 0.4) is 0 Å². The maximum absolute atomic E-state index is 11.6. The van der Waals surface area contributed by atoms with Gasteiger partial charge in [-0.25, -0.2) is 4.79 Å². The van der Waals surface area contributed by atoms with Crippen LogP contribution in [-0.4, -0.2) is 69.6 Å². The molecule has 0 aromatic carbocycles. The molecule has 1 saturated heterocycles. The van der Waals surface area contributed by atoms with Crippen molar-refractivity contribution in [1.82, 2.24) is 10.2 Å². The molecule has 1 aliphatic rings. The van der Waals surface area contributed by atoms with Crippen LogP contribution in [0.4, 0.5) is 4.79 Å². The predicted molar refractivity (Wildman–Crippen MR) is 81.6 cm³/mol. The first-order valence-corrected chi connectivity index (χ1v) is 7.82. The second-order valence-corrected chi connectivity index (χ2v) is 5.85. The van der Waals surface area contributed by atoms with Crippen molar-refractivity contribution in [1.29, 1.82) is 0 Å². The standard InChI is InChI=1S/C15H28N2O5/c1-12(2)9-17-7-8-21-13(10-17)11-22-14(18)5-4-6-16-15(19)20-3/h12-13H,4-11H2,1-3H3,(H,16,19)/t13-/m0/s1. The van der Waals surface area contributed by atoms with Gasteiger partial charge in [0, 0.05) is 32.6 Å². The van der Waals surface area contributed by atoms with Crippen LogP contribution in [-0.2, 0) is 19.0 Å².